The predicted molar refractivity (Wildman–Crippen MR) is 94.8 cm³/mol. The Morgan fingerprint density at radius 2 is 2.14 bits per heavy atom. The quantitative estimate of drug-likeness (QED) is 0.892. The van der Waals surface area contributed by atoms with E-state index >= 15 is 0 Å². The molecule has 1 aromatic carbocycles. The molecule has 2 aromatic rings. The average molecular weight is 316 g/mol. The Labute approximate surface area is 136 Å². The molecule has 118 valence electrons. The van der Waals surface area contributed by atoms with Gasteiger partial charge in [0.2, 0.25) is 0 Å². The van der Waals surface area contributed by atoms with Crippen molar-refractivity contribution in [1.29, 1.82) is 0 Å². The van der Waals surface area contributed by atoms with Crippen molar-refractivity contribution in [3.05, 3.63) is 35.0 Å². The summed E-state index contributed by atoms with van der Waals surface area (Å²) < 4.78 is 0. The second-order valence-corrected chi connectivity index (χ2v) is 7.48. The van der Waals surface area contributed by atoms with Crippen LogP contribution in [0.5, 0.6) is 0 Å². The second-order valence-electron chi connectivity index (χ2n) is 6.35. The highest BCUT2D eigenvalue weighted by molar-refractivity contribution is 7.99. The maximum atomic E-state index is 12.5. The standard InChI is InChI=1S/C18H24N2OS/c1-11-7-8-16-15(12(11)2)10-17(20-16)18(21)19-13-5-4-6-14(9-13)22-3/h7-8,10,13-14,20H,4-6,9H2,1-3H3,(H,19,21)/t13-,14+/m0/s1. The summed E-state index contributed by atoms with van der Waals surface area (Å²) in [6.07, 6.45) is 6.84. The smallest absolute Gasteiger partial charge is 0.267 e. The van der Waals surface area contributed by atoms with Crippen molar-refractivity contribution in [3.63, 3.8) is 0 Å². The molecular weight excluding hydrogens is 292 g/mol. The van der Waals surface area contributed by atoms with Gasteiger partial charge >= 0.3 is 0 Å². The van der Waals surface area contributed by atoms with Crippen molar-refractivity contribution in [2.75, 3.05) is 6.26 Å². The van der Waals surface area contributed by atoms with E-state index in [1.165, 1.54) is 24.0 Å². The second kappa shape index (κ2) is 6.37. The number of hydrogen-bond donors (Lipinski definition) is 2. The van der Waals surface area contributed by atoms with Gasteiger partial charge < -0.3 is 10.3 Å². The Hall–Kier alpha value is -1.42. The zero-order valence-corrected chi connectivity index (χ0v) is 14.3. The number of thioether (sulfide) groups is 1. The summed E-state index contributed by atoms with van der Waals surface area (Å²) in [7, 11) is 0. The first kappa shape index (κ1) is 15.5. The van der Waals surface area contributed by atoms with Crippen LogP contribution in [0, 0.1) is 13.8 Å². The Bertz CT molecular complexity index is 692. The summed E-state index contributed by atoms with van der Waals surface area (Å²) in [5.41, 5.74) is 4.22. The van der Waals surface area contributed by atoms with Crippen LogP contribution in [0.15, 0.2) is 18.2 Å². The van der Waals surface area contributed by atoms with Gasteiger partial charge in [0.1, 0.15) is 5.69 Å². The number of aromatic amines is 1. The van der Waals surface area contributed by atoms with E-state index < -0.39 is 0 Å². The molecule has 1 aromatic heterocycles. The van der Waals surface area contributed by atoms with E-state index in [2.05, 4.69) is 42.5 Å². The minimum atomic E-state index is 0.0278. The van der Waals surface area contributed by atoms with Gasteiger partial charge in [0.05, 0.1) is 0 Å². The number of benzene rings is 1. The Kier molecular flexibility index (Phi) is 4.48. The molecule has 2 N–H and O–H groups in total. The van der Waals surface area contributed by atoms with Gasteiger partial charge in [0.25, 0.3) is 5.91 Å². The highest BCUT2D eigenvalue weighted by Crippen LogP contribution is 2.27. The molecule has 1 saturated carbocycles. The fraction of sp³-hybridized carbons (Fsp3) is 0.500. The third kappa shape index (κ3) is 3.02. The third-order valence-corrected chi connectivity index (χ3v) is 5.98. The molecule has 3 nitrogen and oxygen atoms in total. The molecule has 2 atom stereocenters. The van der Waals surface area contributed by atoms with Gasteiger partial charge in [0, 0.05) is 22.2 Å². The Morgan fingerprint density at radius 1 is 1.32 bits per heavy atom. The topological polar surface area (TPSA) is 44.9 Å². The van der Waals surface area contributed by atoms with Crippen LogP contribution in [-0.4, -0.2) is 28.4 Å². The lowest BCUT2D eigenvalue weighted by Crippen LogP contribution is -2.39. The predicted octanol–water partition coefficient (Wildman–Crippen LogP) is 4.19. The molecule has 0 radical (unpaired) electrons. The van der Waals surface area contributed by atoms with Crippen molar-refractivity contribution in [2.45, 2.75) is 50.8 Å². The van der Waals surface area contributed by atoms with Crippen LogP contribution in [0.4, 0.5) is 0 Å². The number of H-pyrrole nitrogens is 1. The van der Waals surface area contributed by atoms with Crippen molar-refractivity contribution in [1.82, 2.24) is 10.3 Å². The molecule has 0 spiro atoms. The molecule has 1 fully saturated rings. The van der Waals surface area contributed by atoms with Crippen molar-refractivity contribution < 1.29 is 4.79 Å². The van der Waals surface area contributed by atoms with Gasteiger partial charge in [-0.3, -0.25) is 4.79 Å². The average Bonchev–Trinajstić information content (AvgIpc) is 2.96. The minimum absolute atomic E-state index is 0.0278. The molecule has 3 rings (SSSR count). The lowest BCUT2D eigenvalue weighted by atomic mass is 9.95. The summed E-state index contributed by atoms with van der Waals surface area (Å²) in [4.78, 5) is 15.8. The number of aryl methyl sites for hydroxylation is 2. The van der Waals surface area contributed by atoms with Crippen LogP contribution >= 0.6 is 11.8 Å². The number of fused-ring (bicyclic) bond motifs is 1. The summed E-state index contributed by atoms with van der Waals surface area (Å²) >= 11 is 1.92. The van der Waals surface area contributed by atoms with Crippen LogP contribution in [0.1, 0.15) is 47.3 Å². The van der Waals surface area contributed by atoms with E-state index in [0.29, 0.717) is 17.0 Å². The number of aromatic nitrogens is 1. The number of carbonyl (C=O) groups excluding carboxylic acids is 1. The maximum absolute atomic E-state index is 12.5. The lowest BCUT2D eigenvalue weighted by Gasteiger charge is -2.28. The Morgan fingerprint density at radius 3 is 2.91 bits per heavy atom. The number of nitrogens with one attached hydrogen (secondary N) is 2. The first-order chi connectivity index (χ1) is 10.6. The van der Waals surface area contributed by atoms with E-state index in [1.807, 2.05) is 17.8 Å². The molecule has 1 heterocycles. The largest absolute Gasteiger partial charge is 0.351 e. The maximum Gasteiger partial charge on any atom is 0.267 e. The van der Waals surface area contributed by atoms with Crippen LogP contribution in [0.25, 0.3) is 10.9 Å². The van der Waals surface area contributed by atoms with Gasteiger partial charge in [0.15, 0.2) is 0 Å². The molecular formula is C18H24N2OS. The van der Waals surface area contributed by atoms with Crippen LogP contribution in [0.2, 0.25) is 0 Å². The van der Waals surface area contributed by atoms with Crippen LogP contribution < -0.4 is 5.32 Å². The fourth-order valence-electron chi connectivity index (χ4n) is 3.33. The molecule has 0 saturated heterocycles. The zero-order valence-electron chi connectivity index (χ0n) is 13.5. The SMILES string of the molecule is CS[C@@H]1CCC[C@H](NC(=O)c2cc3c(C)c(C)ccc3[nH]2)C1. The number of amides is 1. The van der Waals surface area contributed by atoms with Crippen molar-refractivity contribution in [3.8, 4) is 0 Å². The minimum Gasteiger partial charge on any atom is -0.351 e. The van der Waals surface area contributed by atoms with Crippen LogP contribution in [0.3, 0.4) is 0 Å². The monoisotopic (exact) mass is 316 g/mol. The summed E-state index contributed by atoms with van der Waals surface area (Å²) in [6, 6.07) is 6.45. The third-order valence-electron chi connectivity index (χ3n) is 4.88. The van der Waals surface area contributed by atoms with E-state index in [1.54, 1.807) is 0 Å². The Balaban J connectivity index is 1.76. The molecule has 22 heavy (non-hydrogen) atoms. The zero-order chi connectivity index (χ0) is 15.7. The highest BCUT2D eigenvalue weighted by Gasteiger charge is 2.23. The van der Waals surface area contributed by atoms with Crippen molar-refractivity contribution in [2.24, 2.45) is 0 Å². The normalized spacial score (nSPS) is 22.0. The fourth-order valence-corrected chi connectivity index (χ4v) is 4.16. The van der Waals surface area contributed by atoms with Gasteiger partial charge in [-0.15, -0.1) is 0 Å². The summed E-state index contributed by atoms with van der Waals surface area (Å²) in [6.45, 7) is 4.21. The molecule has 4 heteroatoms. The van der Waals surface area contributed by atoms with Crippen molar-refractivity contribution >= 4 is 28.6 Å². The highest BCUT2D eigenvalue weighted by atomic mass is 32.2. The van der Waals surface area contributed by atoms with E-state index in [0.717, 1.165) is 23.7 Å². The van der Waals surface area contributed by atoms with E-state index in [-0.39, 0.29) is 5.91 Å². The van der Waals surface area contributed by atoms with E-state index in [9.17, 15) is 4.79 Å². The van der Waals surface area contributed by atoms with Gasteiger partial charge in [-0.25, -0.2) is 0 Å². The number of hydrogen-bond acceptors (Lipinski definition) is 2. The molecule has 0 bridgehead atoms. The van der Waals surface area contributed by atoms with Gasteiger partial charge in [-0.1, -0.05) is 12.5 Å². The van der Waals surface area contributed by atoms with E-state index in [4.69, 9.17) is 0 Å². The number of carbonyl (C=O) groups is 1. The summed E-state index contributed by atoms with van der Waals surface area (Å²) in [5.74, 6) is 0.0278. The van der Waals surface area contributed by atoms with Crippen LogP contribution in [-0.2, 0) is 0 Å². The molecule has 0 unspecified atom stereocenters. The first-order valence-corrected chi connectivity index (χ1v) is 9.30. The van der Waals surface area contributed by atoms with Gasteiger partial charge in [-0.05, 0) is 62.6 Å². The molecule has 0 aliphatic heterocycles. The number of rotatable bonds is 3. The first-order valence-electron chi connectivity index (χ1n) is 8.01. The molecule has 1 aliphatic carbocycles. The van der Waals surface area contributed by atoms with Gasteiger partial charge in [-0.2, -0.15) is 11.8 Å². The summed E-state index contributed by atoms with van der Waals surface area (Å²) in [5, 5.41) is 5.05. The molecule has 1 aliphatic rings. The lowest BCUT2D eigenvalue weighted by molar-refractivity contribution is 0.0924. The molecule has 1 amide bonds.